The molecule has 0 fully saturated rings. The fraction of sp³-hybridized carbons (Fsp3) is 0.317. The van der Waals surface area contributed by atoms with E-state index in [9.17, 15) is 9.90 Å². The van der Waals surface area contributed by atoms with Crippen LogP contribution in [0.5, 0.6) is 0 Å². The zero-order valence-corrected chi connectivity index (χ0v) is 31.9. The number of allylic oxidation sites excluding steroid dienone is 2. The number of fused-ring (bicyclic) bond motifs is 4. The Morgan fingerprint density at radius 3 is 2.23 bits per heavy atom. The molecule has 6 aromatic rings. The average molecular weight is 841 g/mol. The van der Waals surface area contributed by atoms with Crippen molar-refractivity contribution in [2.24, 2.45) is 11.8 Å². The molecule has 48 heavy (non-hydrogen) atoms. The molecule has 4 nitrogen and oxygen atoms in total. The summed E-state index contributed by atoms with van der Waals surface area (Å²) in [7, 11) is 0. The van der Waals surface area contributed by atoms with E-state index in [0.29, 0.717) is 16.8 Å². The van der Waals surface area contributed by atoms with Gasteiger partial charge in [-0.2, -0.15) is 0 Å². The molecule has 1 radical (unpaired) electrons. The largest absolute Gasteiger partial charge is 0.512 e. The van der Waals surface area contributed by atoms with Crippen molar-refractivity contribution >= 4 is 49.1 Å². The summed E-state index contributed by atoms with van der Waals surface area (Å²) in [6, 6.07) is 21.4. The van der Waals surface area contributed by atoms with Gasteiger partial charge in [0.05, 0.1) is 5.76 Å². The van der Waals surface area contributed by atoms with Gasteiger partial charge in [-0.3, -0.25) is 4.79 Å². The molecule has 0 aliphatic carbocycles. The number of carbonyl (C=O) groups excluding carboxylic acids is 1. The van der Waals surface area contributed by atoms with Gasteiger partial charge in [-0.05, 0) is 67.8 Å². The summed E-state index contributed by atoms with van der Waals surface area (Å²) < 4.78 is 23.2. The molecule has 1 N–H and O–H groups in total. The second-order valence-electron chi connectivity index (χ2n) is 12.2. The molecule has 0 saturated heterocycles. The first-order chi connectivity index (χ1) is 22.6. The van der Waals surface area contributed by atoms with Gasteiger partial charge in [0.2, 0.25) is 0 Å². The van der Waals surface area contributed by atoms with Crippen molar-refractivity contribution < 1.29 is 38.8 Å². The van der Waals surface area contributed by atoms with Crippen molar-refractivity contribution in [3.63, 3.8) is 0 Å². The van der Waals surface area contributed by atoms with Crippen molar-refractivity contribution in [3.05, 3.63) is 101 Å². The van der Waals surface area contributed by atoms with Crippen LogP contribution in [-0.2, 0) is 24.9 Å². The SMILES string of the molecule is CCC(CC)C(=O)/C=C(\O)C(CC)CC.Cc1[c-]c(-c2nccc3c2oc2c(F)c(-c4sc5ccccc5c4C)ccc23)cc(C)c1.[Ir]. The number of aliphatic hydroxyl groups is 1. The zero-order chi connectivity index (χ0) is 33.8. The number of nitrogens with zero attached hydrogens (tertiary/aromatic N) is 1. The summed E-state index contributed by atoms with van der Waals surface area (Å²) in [5, 5.41) is 12.5. The standard InChI is InChI=1S/C28H19FNOS.C13H24O2.Ir/c1-15-12-16(2)14-18(13-15)25-27-21(10-11-30-25)20-8-9-22(24(29)26(20)31-27)28-17(3)19-6-4-5-7-23(19)32-28;1-5-10(6-2)12(14)9-13(15)11(7-3)8-4;/h4-13H,1-3H3;9-11,14H,5-8H2,1-4H3;/q-1;;/b;12-9-;. The number of hydrogen-bond donors (Lipinski definition) is 1. The molecule has 3 heterocycles. The van der Waals surface area contributed by atoms with Crippen LogP contribution in [0.4, 0.5) is 4.39 Å². The minimum absolute atomic E-state index is 0. The molecule has 0 atom stereocenters. The van der Waals surface area contributed by atoms with Crippen molar-refractivity contribution in [1.29, 1.82) is 0 Å². The summed E-state index contributed by atoms with van der Waals surface area (Å²) in [5.41, 5.74) is 6.22. The van der Waals surface area contributed by atoms with Crippen LogP contribution < -0.4 is 0 Å². The number of aryl methyl sites for hydroxylation is 3. The van der Waals surface area contributed by atoms with Gasteiger partial charge in [-0.25, -0.2) is 4.39 Å². The van der Waals surface area contributed by atoms with Crippen LogP contribution in [0.25, 0.3) is 53.7 Å². The van der Waals surface area contributed by atoms with E-state index in [1.54, 1.807) is 17.5 Å². The molecule has 0 aliphatic heterocycles. The van der Waals surface area contributed by atoms with Gasteiger partial charge < -0.3 is 14.5 Å². The first-order valence-corrected chi connectivity index (χ1v) is 17.4. The molecule has 0 amide bonds. The molecular weight excluding hydrogens is 798 g/mol. The third kappa shape index (κ3) is 7.49. The number of carbonyl (C=O) groups is 1. The fourth-order valence-corrected chi connectivity index (χ4v) is 7.56. The van der Waals surface area contributed by atoms with Gasteiger partial charge in [0.1, 0.15) is 5.58 Å². The van der Waals surface area contributed by atoms with Crippen LogP contribution >= 0.6 is 11.3 Å². The Bertz CT molecular complexity index is 2060. The van der Waals surface area contributed by atoms with Gasteiger partial charge >= 0.3 is 0 Å². The molecular formula is C41H43FIrNO3S-. The summed E-state index contributed by atoms with van der Waals surface area (Å²) in [6.45, 7) is 14.2. The number of rotatable bonds is 9. The predicted octanol–water partition coefficient (Wildman–Crippen LogP) is 12.3. The van der Waals surface area contributed by atoms with Crippen LogP contribution in [0.3, 0.4) is 0 Å². The second-order valence-corrected chi connectivity index (χ2v) is 13.3. The maximum Gasteiger partial charge on any atom is 0.174 e. The minimum atomic E-state index is -0.330. The molecule has 0 aliphatic rings. The average Bonchev–Trinajstić information content (AvgIpc) is 3.60. The first-order valence-electron chi connectivity index (χ1n) is 16.5. The van der Waals surface area contributed by atoms with Gasteiger partial charge in [0, 0.05) is 75.8 Å². The molecule has 3 aromatic heterocycles. The number of thiophene rings is 1. The number of benzene rings is 3. The minimum Gasteiger partial charge on any atom is -0.512 e. The summed E-state index contributed by atoms with van der Waals surface area (Å²) in [5.74, 6) is 0.217. The Hall–Kier alpha value is -3.64. The predicted molar refractivity (Wildman–Crippen MR) is 195 cm³/mol. The number of furan rings is 1. The van der Waals surface area contributed by atoms with Crippen molar-refractivity contribution in [3.8, 4) is 21.7 Å². The van der Waals surface area contributed by atoms with Crippen molar-refractivity contribution in [2.75, 3.05) is 0 Å². The summed E-state index contributed by atoms with van der Waals surface area (Å²) in [4.78, 5) is 17.2. The number of aliphatic hydroxyl groups excluding tert-OH is 1. The van der Waals surface area contributed by atoms with Crippen molar-refractivity contribution in [1.82, 2.24) is 4.98 Å². The quantitative estimate of drug-likeness (QED) is 0.0895. The third-order valence-electron chi connectivity index (χ3n) is 9.07. The van der Waals surface area contributed by atoms with Gasteiger partial charge in [0.15, 0.2) is 17.2 Å². The number of aromatic nitrogens is 1. The topological polar surface area (TPSA) is 63.3 Å². The van der Waals surface area contributed by atoms with E-state index in [1.165, 1.54) is 6.08 Å². The van der Waals surface area contributed by atoms with Gasteiger partial charge in [-0.15, -0.1) is 46.2 Å². The van der Waals surface area contributed by atoms with Crippen LogP contribution in [0.1, 0.15) is 70.1 Å². The van der Waals surface area contributed by atoms with Crippen LogP contribution in [0, 0.1) is 44.5 Å². The van der Waals surface area contributed by atoms with Crippen LogP contribution in [0.2, 0.25) is 0 Å². The molecule has 3 aromatic carbocycles. The maximum atomic E-state index is 15.8. The van der Waals surface area contributed by atoms with E-state index in [0.717, 1.165) is 73.7 Å². The van der Waals surface area contributed by atoms with E-state index < -0.39 is 0 Å². The zero-order valence-electron chi connectivity index (χ0n) is 28.7. The summed E-state index contributed by atoms with van der Waals surface area (Å²) >= 11 is 1.61. The second kappa shape index (κ2) is 16.2. The third-order valence-corrected chi connectivity index (χ3v) is 10.4. The van der Waals surface area contributed by atoms with Crippen molar-refractivity contribution in [2.45, 2.75) is 74.1 Å². The van der Waals surface area contributed by atoms with Crippen LogP contribution in [-0.4, -0.2) is 15.9 Å². The van der Waals surface area contributed by atoms with Gasteiger partial charge in [0.25, 0.3) is 0 Å². The molecule has 0 saturated carbocycles. The van der Waals surface area contributed by atoms with E-state index in [-0.39, 0.29) is 54.9 Å². The molecule has 0 bridgehead atoms. The number of pyridine rings is 1. The van der Waals surface area contributed by atoms with Crippen LogP contribution in [0.15, 0.2) is 77.0 Å². The number of halogens is 1. The first kappa shape index (κ1) is 37.2. The Kier molecular flexibility index (Phi) is 12.5. The molecule has 0 spiro atoms. The Balaban J connectivity index is 0.000000279. The Morgan fingerprint density at radius 1 is 0.917 bits per heavy atom. The molecule has 7 heteroatoms. The number of hydrogen-bond acceptors (Lipinski definition) is 5. The molecule has 6 rings (SSSR count). The van der Waals surface area contributed by atoms with E-state index >= 15 is 4.39 Å². The van der Waals surface area contributed by atoms with E-state index in [4.69, 9.17) is 4.42 Å². The fourth-order valence-electron chi connectivity index (χ4n) is 6.33. The maximum absolute atomic E-state index is 15.8. The van der Waals surface area contributed by atoms with Gasteiger partial charge in [-0.1, -0.05) is 59.7 Å². The monoisotopic (exact) mass is 841 g/mol. The Labute approximate surface area is 300 Å². The Morgan fingerprint density at radius 2 is 1.58 bits per heavy atom. The normalized spacial score (nSPS) is 11.8. The smallest absolute Gasteiger partial charge is 0.174 e. The number of ketones is 1. The van der Waals surface area contributed by atoms with E-state index in [1.807, 2.05) is 84.9 Å². The van der Waals surface area contributed by atoms with E-state index in [2.05, 4.69) is 29.2 Å². The molecule has 253 valence electrons. The summed E-state index contributed by atoms with van der Waals surface area (Å²) in [6.07, 6.45) is 6.66. The molecule has 0 unspecified atom stereocenters.